The van der Waals surface area contributed by atoms with Crippen molar-refractivity contribution in [1.29, 1.82) is 0 Å². The lowest BCUT2D eigenvalue weighted by molar-refractivity contribution is -0.140. The van der Waals surface area contributed by atoms with Gasteiger partial charge < -0.3 is 24.0 Å². The highest BCUT2D eigenvalue weighted by atomic mass is 79.9. The number of hydrogen-bond donors (Lipinski definition) is 1. The molecule has 0 unspecified atom stereocenters. The second kappa shape index (κ2) is 12.3. The number of hydrogen-bond acceptors (Lipinski definition) is 5. The van der Waals surface area contributed by atoms with Crippen LogP contribution in [0.2, 0.25) is 0 Å². The summed E-state index contributed by atoms with van der Waals surface area (Å²) in [4.78, 5) is 6.58. The maximum Gasteiger partial charge on any atom is 0.406 e. The quantitative estimate of drug-likeness (QED) is 0.269. The van der Waals surface area contributed by atoms with Gasteiger partial charge in [0, 0.05) is 49.8 Å². The minimum Gasteiger partial charge on any atom is -0.396 e. The summed E-state index contributed by atoms with van der Waals surface area (Å²) in [5.41, 5.74) is 1.24. The fourth-order valence-corrected chi connectivity index (χ4v) is 4.61. The van der Waals surface area contributed by atoms with E-state index in [2.05, 4.69) is 27.5 Å². The molecule has 0 radical (unpaired) electrons. The average Bonchev–Trinajstić information content (AvgIpc) is 3.11. The molecule has 1 saturated heterocycles. The van der Waals surface area contributed by atoms with Crippen molar-refractivity contribution < 1.29 is 32.1 Å². The van der Waals surface area contributed by atoms with E-state index in [1.165, 1.54) is 13.2 Å². The van der Waals surface area contributed by atoms with Gasteiger partial charge >= 0.3 is 6.18 Å². The van der Waals surface area contributed by atoms with Gasteiger partial charge in [-0.05, 0) is 58.5 Å². The Morgan fingerprint density at radius 3 is 2.53 bits per heavy atom. The molecule has 38 heavy (non-hydrogen) atoms. The Hall–Kier alpha value is -2.21. The number of ether oxygens (including phenoxy) is 2. The third-order valence-corrected chi connectivity index (χ3v) is 7.12. The van der Waals surface area contributed by atoms with Crippen LogP contribution in [-0.2, 0) is 22.4 Å². The zero-order chi connectivity index (χ0) is 28.3. The summed E-state index contributed by atoms with van der Waals surface area (Å²) < 4.78 is 68.0. The average molecular weight is 604 g/mol. The Bertz CT molecular complexity index is 1210. The molecule has 6 nitrogen and oxygen atoms in total. The lowest BCUT2D eigenvalue weighted by Gasteiger charge is -2.28. The van der Waals surface area contributed by atoms with E-state index in [4.69, 9.17) is 9.47 Å². The van der Waals surface area contributed by atoms with Crippen molar-refractivity contribution >= 4 is 39.1 Å². The summed E-state index contributed by atoms with van der Waals surface area (Å²) in [6.07, 6.45) is -1.77. The first-order valence-corrected chi connectivity index (χ1v) is 13.0. The zero-order valence-electron chi connectivity index (χ0n) is 22.0. The van der Waals surface area contributed by atoms with Crippen molar-refractivity contribution in [2.45, 2.75) is 46.0 Å². The van der Waals surface area contributed by atoms with Crippen molar-refractivity contribution in [2.75, 3.05) is 40.0 Å². The molecule has 2 aromatic rings. The van der Waals surface area contributed by atoms with Crippen LogP contribution in [0.25, 0.3) is 17.0 Å². The highest BCUT2D eigenvalue weighted by Gasteiger charge is 2.33. The molecular formula is C27H34BrF4N3O3. The number of aliphatic hydroxyl groups excluding tert-OH is 1. The normalized spacial score (nSPS) is 16.6. The second-order valence-corrected chi connectivity index (χ2v) is 11.0. The van der Waals surface area contributed by atoms with Crippen molar-refractivity contribution in [3.63, 3.8) is 0 Å². The molecular weight excluding hydrogens is 570 g/mol. The Kier molecular flexibility index (Phi) is 9.83. The molecule has 0 saturated carbocycles. The van der Waals surface area contributed by atoms with Gasteiger partial charge in [-0.15, -0.1) is 0 Å². The van der Waals surface area contributed by atoms with E-state index in [1.807, 2.05) is 18.7 Å². The molecule has 1 N–H and O–H groups in total. The molecule has 0 spiro atoms. The molecule has 1 aliphatic heterocycles. The van der Waals surface area contributed by atoms with E-state index >= 15 is 0 Å². The Labute approximate surface area is 228 Å². The van der Waals surface area contributed by atoms with Gasteiger partial charge in [0.2, 0.25) is 0 Å². The number of fused-ring (bicyclic) bond motifs is 1. The second-order valence-electron chi connectivity index (χ2n) is 10.1. The van der Waals surface area contributed by atoms with Crippen molar-refractivity contribution in [3.8, 4) is 0 Å². The molecule has 0 aliphatic carbocycles. The van der Waals surface area contributed by atoms with Gasteiger partial charge in [-0.2, -0.15) is 13.2 Å². The van der Waals surface area contributed by atoms with Gasteiger partial charge in [0.25, 0.3) is 0 Å². The Morgan fingerprint density at radius 2 is 1.95 bits per heavy atom. The van der Waals surface area contributed by atoms with Crippen LogP contribution in [0.3, 0.4) is 0 Å². The fourth-order valence-electron chi connectivity index (χ4n) is 4.27. The summed E-state index contributed by atoms with van der Waals surface area (Å²) >= 11 is 3.17. The van der Waals surface area contributed by atoms with Gasteiger partial charge in [-0.25, -0.2) is 4.39 Å². The molecule has 0 bridgehead atoms. The Balaban J connectivity index is 2.25. The summed E-state index contributed by atoms with van der Waals surface area (Å²) in [6, 6.07) is 2.58. The molecule has 2 heterocycles. The predicted octanol–water partition coefficient (Wildman–Crippen LogP) is 5.96. The number of morpholine rings is 1. The summed E-state index contributed by atoms with van der Waals surface area (Å²) in [5.74, 6) is -0.674. The largest absolute Gasteiger partial charge is 0.406 e. The number of allylic oxidation sites excluding steroid dienone is 1. The monoisotopic (exact) mass is 603 g/mol. The molecule has 210 valence electrons. The van der Waals surface area contributed by atoms with Gasteiger partial charge in [0.05, 0.1) is 35.0 Å². The van der Waals surface area contributed by atoms with Crippen molar-refractivity contribution in [2.24, 2.45) is 10.4 Å². The molecule has 11 heteroatoms. The zero-order valence-corrected chi connectivity index (χ0v) is 23.6. The van der Waals surface area contributed by atoms with Crippen molar-refractivity contribution in [3.05, 3.63) is 51.7 Å². The highest BCUT2D eigenvalue weighted by molar-refractivity contribution is 9.10. The number of alkyl halides is 3. The maximum absolute atomic E-state index is 14.6. The van der Waals surface area contributed by atoms with Crippen LogP contribution in [0, 0.1) is 11.2 Å². The highest BCUT2D eigenvalue weighted by Crippen LogP contribution is 2.38. The third-order valence-electron chi connectivity index (χ3n) is 6.51. The predicted molar refractivity (Wildman–Crippen MR) is 145 cm³/mol. The summed E-state index contributed by atoms with van der Waals surface area (Å²) in [5, 5.41) is 10.4. The number of aliphatic hydroxyl groups is 1. The molecule has 3 rings (SSSR count). The van der Waals surface area contributed by atoms with Crippen LogP contribution in [0.4, 0.5) is 17.6 Å². The first kappa shape index (κ1) is 30.3. The molecule has 1 fully saturated rings. The lowest BCUT2D eigenvalue weighted by atomic mass is 9.85. The minimum atomic E-state index is -4.57. The number of methoxy groups -OCH3 is 1. The van der Waals surface area contributed by atoms with Crippen LogP contribution < -0.4 is 0 Å². The minimum absolute atomic E-state index is 0.101. The number of aliphatic imine (C=N–C) groups is 1. The van der Waals surface area contributed by atoms with Gasteiger partial charge in [0.15, 0.2) is 0 Å². The number of benzene rings is 1. The van der Waals surface area contributed by atoms with Crippen molar-refractivity contribution in [1.82, 2.24) is 9.47 Å². The van der Waals surface area contributed by atoms with E-state index in [-0.39, 0.29) is 28.7 Å². The molecule has 0 amide bonds. The Morgan fingerprint density at radius 1 is 1.29 bits per heavy atom. The first-order valence-electron chi connectivity index (χ1n) is 12.2. The van der Waals surface area contributed by atoms with Crippen LogP contribution in [0.15, 0.2) is 39.6 Å². The van der Waals surface area contributed by atoms with Gasteiger partial charge in [0.1, 0.15) is 12.4 Å². The van der Waals surface area contributed by atoms with Gasteiger partial charge in [-0.3, -0.25) is 4.99 Å². The summed E-state index contributed by atoms with van der Waals surface area (Å²) in [6.45, 7) is 10.4. The molecule has 1 atom stereocenters. The standard InChI is InChI=1S/C27H34BrF4N3O3/c1-17(34-6-8-38-9-7-34)14-33-23(18(2)37-5)12-25-20(13-26(3,4)16-36)19-10-21(28)22(29)11-24(19)35(25)15-27(30,31)32/h10-12,14,18,36H,1,6-9,13,15-16H2,2-5H3/b23-12+,33-14?/t18-/m0/s1. The summed E-state index contributed by atoms with van der Waals surface area (Å²) in [7, 11) is 1.48. The third kappa shape index (κ3) is 7.46. The van der Waals surface area contributed by atoms with E-state index < -0.39 is 30.1 Å². The first-order chi connectivity index (χ1) is 17.8. The van der Waals surface area contributed by atoms with E-state index in [9.17, 15) is 22.7 Å². The number of nitrogens with zero attached hydrogens (tertiary/aromatic N) is 3. The van der Waals surface area contributed by atoms with E-state index in [0.717, 1.165) is 10.6 Å². The molecule has 1 aromatic heterocycles. The van der Waals surface area contributed by atoms with Crippen LogP contribution in [0.1, 0.15) is 32.0 Å². The topological polar surface area (TPSA) is 59.2 Å². The number of rotatable bonds is 10. The van der Waals surface area contributed by atoms with Crippen LogP contribution >= 0.6 is 15.9 Å². The van der Waals surface area contributed by atoms with E-state index in [1.54, 1.807) is 19.2 Å². The number of halogens is 5. The SMILES string of the molecule is C=C(C=N/C(=C/c1c(CC(C)(C)CO)c2cc(Br)c(F)cc2n1CC(F)(F)F)[C@H](C)OC)N1CCOCC1. The lowest BCUT2D eigenvalue weighted by Crippen LogP contribution is -2.35. The molecule has 1 aromatic carbocycles. The van der Waals surface area contributed by atoms with E-state index in [0.29, 0.717) is 48.6 Å². The maximum atomic E-state index is 14.6. The van der Waals surface area contributed by atoms with Gasteiger partial charge in [-0.1, -0.05) is 20.4 Å². The number of aromatic nitrogens is 1. The fraction of sp³-hybridized carbons (Fsp3) is 0.519. The smallest absolute Gasteiger partial charge is 0.396 e. The van der Waals surface area contributed by atoms with Crippen LogP contribution in [0.5, 0.6) is 0 Å². The molecule has 1 aliphatic rings. The van der Waals surface area contributed by atoms with Crippen LogP contribution in [-0.4, -0.2) is 73.1 Å².